The van der Waals surface area contributed by atoms with Gasteiger partial charge in [-0.3, -0.25) is 0 Å². The lowest BCUT2D eigenvalue weighted by atomic mass is 9.88. The second-order valence-corrected chi connectivity index (χ2v) is 13.0. The van der Waals surface area contributed by atoms with E-state index in [2.05, 4.69) is 27.7 Å². The Balaban J connectivity index is 2.49. The summed E-state index contributed by atoms with van der Waals surface area (Å²) in [5, 5.41) is 0. The lowest BCUT2D eigenvalue weighted by Gasteiger charge is -2.47. The third-order valence-corrected chi connectivity index (χ3v) is 8.05. The highest BCUT2D eigenvalue weighted by Gasteiger charge is 2.56. The summed E-state index contributed by atoms with van der Waals surface area (Å²) in [7, 11) is 0. The summed E-state index contributed by atoms with van der Waals surface area (Å²) >= 11 is 12.7. The van der Waals surface area contributed by atoms with Crippen LogP contribution in [0.3, 0.4) is 0 Å². The molecule has 0 aromatic carbocycles. The number of rotatable bonds is 4. The minimum atomic E-state index is -1.98. The molecule has 90 valence electrons. The van der Waals surface area contributed by atoms with Crippen LogP contribution in [0.25, 0.3) is 0 Å². The van der Waals surface area contributed by atoms with Gasteiger partial charge < -0.3 is 4.74 Å². The molecule has 0 aromatic rings. The molecule has 0 bridgehead atoms. The first-order chi connectivity index (χ1) is 6.76. The fraction of sp³-hybridized carbons (Fsp3) is 1.00. The van der Waals surface area contributed by atoms with Crippen molar-refractivity contribution >= 4 is 28.9 Å². The maximum Gasteiger partial charge on any atom is 0.259 e. The predicted molar refractivity (Wildman–Crippen MR) is 70.1 cm³/mol. The van der Waals surface area contributed by atoms with E-state index in [1.165, 1.54) is 0 Å². The van der Waals surface area contributed by atoms with Gasteiger partial charge in [0.25, 0.3) is 6.69 Å². The lowest BCUT2D eigenvalue weighted by molar-refractivity contribution is 0.0365. The van der Waals surface area contributed by atoms with Gasteiger partial charge in [0.1, 0.15) is 0 Å². The van der Waals surface area contributed by atoms with Gasteiger partial charge in [-0.05, 0) is 24.3 Å². The van der Waals surface area contributed by atoms with E-state index in [1.54, 1.807) is 0 Å². The van der Waals surface area contributed by atoms with Crippen LogP contribution in [-0.2, 0) is 4.74 Å². The van der Waals surface area contributed by atoms with E-state index >= 15 is 0 Å². The monoisotopic (exact) mass is 268 g/mol. The molecule has 2 atom stereocenters. The Morgan fingerprint density at radius 3 is 2.33 bits per heavy atom. The largest absolute Gasteiger partial charge is 0.378 e. The van der Waals surface area contributed by atoms with E-state index < -0.39 is 6.69 Å². The third-order valence-electron chi connectivity index (χ3n) is 2.83. The van der Waals surface area contributed by atoms with Crippen LogP contribution in [0.15, 0.2) is 0 Å². The second kappa shape index (κ2) is 4.95. The molecule has 1 nitrogen and oxygen atoms in total. The topological polar surface area (TPSA) is 9.23 Å². The molecule has 1 aliphatic rings. The van der Waals surface area contributed by atoms with Crippen molar-refractivity contribution in [1.29, 1.82) is 0 Å². The first-order valence-electron chi connectivity index (χ1n) is 5.76. The Morgan fingerprint density at radius 1 is 1.33 bits per heavy atom. The first-order valence-corrected chi connectivity index (χ1v) is 10.1. The quantitative estimate of drug-likeness (QED) is 0.538. The van der Waals surface area contributed by atoms with Gasteiger partial charge in [0.2, 0.25) is 0 Å². The number of hydrogen-bond donors (Lipinski definition) is 0. The molecule has 1 rings (SSSR count). The van der Waals surface area contributed by atoms with Gasteiger partial charge in [-0.2, -0.15) is 0 Å². The second-order valence-electron chi connectivity index (χ2n) is 5.75. The van der Waals surface area contributed by atoms with Crippen molar-refractivity contribution in [1.82, 2.24) is 0 Å². The number of ether oxygens (including phenoxy) is 1. The zero-order valence-corrected chi connectivity index (χ0v) is 12.7. The van der Waals surface area contributed by atoms with Gasteiger partial charge in [0, 0.05) is 12.1 Å². The van der Waals surface area contributed by atoms with Crippen molar-refractivity contribution in [2.75, 3.05) is 6.61 Å². The molecule has 0 aliphatic carbocycles. The molecule has 4 heteroatoms. The lowest BCUT2D eigenvalue weighted by Crippen LogP contribution is -2.51. The van der Waals surface area contributed by atoms with E-state index in [9.17, 15) is 0 Å². The molecule has 0 unspecified atom stereocenters. The van der Waals surface area contributed by atoms with Crippen molar-refractivity contribution in [3.05, 3.63) is 0 Å². The molecule has 0 spiro atoms. The SMILES string of the molecule is CCCO[C@H]1C[Si](Cl)(Cl)[C@@H]1CC(C)(C)C. The summed E-state index contributed by atoms with van der Waals surface area (Å²) in [6.07, 6.45) is 2.48. The smallest absolute Gasteiger partial charge is 0.259 e. The van der Waals surface area contributed by atoms with Crippen LogP contribution in [0.2, 0.25) is 11.6 Å². The maximum atomic E-state index is 6.37. The zero-order valence-electron chi connectivity index (χ0n) is 10.1. The van der Waals surface area contributed by atoms with E-state index in [-0.39, 0.29) is 0 Å². The molecule has 0 saturated carbocycles. The minimum absolute atomic E-state index is 0.293. The predicted octanol–water partition coefficient (Wildman–Crippen LogP) is 4.52. The fourth-order valence-corrected chi connectivity index (χ4v) is 6.75. The highest BCUT2D eigenvalue weighted by atomic mass is 35.7. The van der Waals surface area contributed by atoms with Crippen molar-refractivity contribution in [2.45, 2.75) is 58.2 Å². The van der Waals surface area contributed by atoms with Crippen LogP contribution in [-0.4, -0.2) is 19.4 Å². The molecule has 0 radical (unpaired) electrons. The van der Waals surface area contributed by atoms with Crippen molar-refractivity contribution in [3.8, 4) is 0 Å². The molecule has 1 saturated heterocycles. The Morgan fingerprint density at radius 2 is 1.93 bits per heavy atom. The Bertz CT molecular complexity index is 213. The molecule has 0 amide bonds. The van der Waals surface area contributed by atoms with Gasteiger partial charge >= 0.3 is 0 Å². The summed E-state index contributed by atoms with van der Waals surface area (Å²) in [5.41, 5.74) is 0.716. The van der Waals surface area contributed by atoms with Crippen LogP contribution in [0, 0.1) is 5.41 Å². The number of hydrogen-bond acceptors (Lipinski definition) is 1. The first kappa shape index (κ1) is 13.8. The molecule has 1 fully saturated rings. The van der Waals surface area contributed by atoms with Crippen LogP contribution in [0.5, 0.6) is 0 Å². The number of halogens is 2. The third kappa shape index (κ3) is 3.92. The summed E-state index contributed by atoms with van der Waals surface area (Å²) in [4.78, 5) is 0. The van der Waals surface area contributed by atoms with Crippen LogP contribution >= 0.6 is 22.2 Å². The van der Waals surface area contributed by atoms with Crippen molar-refractivity contribution in [3.63, 3.8) is 0 Å². The van der Waals surface area contributed by atoms with Gasteiger partial charge in [-0.1, -0.05) is 27.7 Å². The minimum Gasteiger partial charge on any atom is -0.378 e. The van der Waals surface area contributed by atoms with E-state index in [0.717, 1.165) is 25.5 Å². The zero-order chi connectivity index (χ0) is 11.7. The average Bonchev–Trinajstić information content (AvgIpc) is 2.07. The summed E-state index contributed by atoms with van der Waals surface area (Å²) in [6, 6.07) is 0.914. The fourth-order valence-electron chi connectivity index (χ4n) is 2.06. The van der Waals surface area contributed by atoms with Gasteiger partial charge in [-0.25, -0.2) is 0 Å². The van der Waals surface area contributed by atoms with Gasteiger partial charge in [-0.15, -0.1) is 22.2 Å². The maximum absolute atomic E-state index is 6.37. The van der Waals surface area contributed by atoms with Crippen LogP contribution < -0.4 is 0 Å². The van der Waals surface area contributed by atoms with Crippen LogP contribution in [0.4, 0.5) is 0 Å². The molecular weight excluding hydrogens is 247 g/mol. The molecule has 0 N–H and O–H groups in total. The summed E-state index contributed by atoms with van der Waals surface area (Å²) in [6.45, 7) is 7.69. The van der Waals surface area contributed by atoms with Crippen molar-refractivity contribution in [2.24, 2.45) is 5.41 Å². The Labute approximate surface area is 104 Å². The van der Waals surface area contributed by atoms with E-state index in [4.69, 9.17) is 26.9 Å². The normalized spacial score (nSPS) is 30.0. The molecule has 1 heterocycles. The Kier molecular flexibility index (Phi) is 4.56. The summed E-state index contributed by atoms with van der Waals surface area (Å²) in [5.74, 6) is 0. The van der Waals surface area contributed by atoms with E-state index in [1.807, 2.05) is 0 Å². The molecular formula is C11H22Cl2OSi. The Hall–Kier alpha value is 0.757. The molecule has 0 aromatic heterocycles. The highest BCUT2D eigenvalue weighted by molar-refractivity contribution is 7.47. The standard InChI is InChI=1S/C11H22Cl2OSi/c1-5-6-14-9-8-15(12,13)10(9)7-11(2,3)4/h9-10H,5-8H2,1-4H3/t9-,10+/m0/s1. The summed E-state index contributed by atoms with van der Waals surface area (Å²) < 4.78 is 5.79. The molecule has 1 aliphatic heterocycles. The van der Waals surface area contributed by atoms with E-state index in [0.29, 0.717) is 17.1 Å². The van der Waals surface area contributed by atoms with Crippen molar-refractivity contribution < 1.29 is 4.74 Å². The van der Waals surface area contributed by atoms with Crippen LogP contribution in [0.1, 0.15) is 40.5 Å². The highest BCUT2D eigenvalue weighted by Crippen LogP contribution is 2.54. The van der Waals surface area contributed by atoms with Gasteiger partial charge in [0.15, 0.2) is 0 Å². The molecule has 15 heavy (non-hydrogen) atoms. The average molecular weight is 269 g/mol. The van der Waals surface area contributed by atoms with Gasteiger partial charge in [0.05, 0.1) is 6.10 Å².